The molecular formula is C17H19N3O3. The Bertz CT molecular complexity index is 742. The second-order valence-corrected chi connectivity index (χ2v) is 5.79. The van der Waals surface area contributed by atoms with Crippen LogP contribution in [-0.4, -0.2) is 33.6 Å². The Kier molecular flexibility index (Phi) is 4.52. The number of aromatic nitrogens is 2. The fourth-order valence-corrected chi connectivity index (χ4v) is 2.99. The average molecular weight is 313 g/mol. The molecule has 0 unspecified atom stereocenters. The zero-order chi connectivity index (χ0) is 16.2. The molecule has 2 aromatic rings. The second-order valence-electron chi connectivity index (χ2n) is 5.79. The van der Waals surface area contributed by atoms with Crippen molar-refractivity contribution < 1.29 is 9.90 Å². The van der Waals surface area contributed by atoms with Crippen molar-refractivity contribution in [2.24, 2.45) is 5.92 Å². The molecule has 3 N–H and O–H groups in total. The largest absolute Gasteiger partial charge is 0.396 e. The third-order valence-electron chi connectivity index (χ3n) is 4.30. The quantitative estimate of drug-likeness (QED) is 0.793. The molecule has 1 heterocycles. The van der Waals surface area contributed by atoms with Crippen LogP contribution in [0, 0.1) is 5.92 Å². The van der Waals surface area contributed by atoms with Gasteiger partial charge in [0.15, 0.2) is 0 Å². The van der Waals surface area contributed by atoms with Crippen LogP contribution in [0.3, 0.4) is 0 Å². The van der Waals surface area contributed by atoms with Crippen LogP contribution in [0.1, 0.15) is 29.6 Å². The van der Waals surface area contributed by atoms with Gasteiger partial charge in [-0.2, -0.15) is 0 Å². The molecule has 6 heteroatoms. The van der Waals surface area contributed by atoms with E-state index in [2.05, 4.69) is 15.3 Å². The molecule has 1 aromatic carbocycles. The summed E-state index contributed by atoms with van der Waals surface area (Å²) in [6, 6.07) is 9.17. The lowest BCUT2D eigenvalue weighted by Gasteiger charge is -2.18. The molecule has 23 heavy (non-hydrogen) atoms. The number of benzene rings is 1. The summed E-state index contributed by atoms with van der Waals surface area (Å²) >= 11 is 0. The van der Waals surface area contributed by atoms with Gasteiger partial charge in [-0.15, -0.1) is 0 Å². The van der Waals surface area contributed by atoms with Gasteiger partial charge in [0.25, 0.3) is 11.5 Å². The van der Waals surface area contributed by atoms with Gasteiger partial charge in [0.1, 0.15) is 11.4 Å². The maximum Gasteiger partial charge on any atom is 0.264 e. The predicted octanol–water partition coefficient (Wildman–Crippen LogP) is 1.33. The molecule has 1 fully saturated rings. The van der Waals surface area contributed by atoms with E-state index in [0.29, 0.717) is 5.82 Å². The van der Waals surface area contributed by atoms with Crippen molar-refractivity contribution in [1.29, 1.82) is 0 Å². The minimum atomic E-state index is -0.463. The van der Waals surface area contributed by atoms with Crippen molar-refractivity contribution in [3.05, 3.63) is 52.4 Å². The molecule has 6 nitrogen and oxygen atoms in total. The van der Waals surface area contributed by atoms with E-state index in [1.807, 2.05) is 30.3 Å². The number of hydrogen-bond donors (Lipinski definition) is 3. The lowest BCUT2D eigenvalue weighted by molar-refractivity contribution is 0.0914. The van der Waals surface area contributed by atoms with Crippen LogP contribution < -0.4 is 10.9 Å². The van der Waals surface area contributed by atoms with Gasteiger partial charge in [-0.3, -0.25) is 9.59 Å². The molecule has 0 aliphatic heterocycles. The summed E-state index contributed by atoms with van der Waals surface area (Å²) in [6.07, 6.45) is 3.99. The molecule has 1 aliphatic rings. The summed E-state index contributed by atoms with van der Waals surface area (Å²) in [7, 11) is 0. The van der Waals surface area contributed by atoms with Crippen LogP contribution in [0.4, 0.5) is 0 Å². The molecule has 0 spiro atoms. The second kappa shape index (κ2) is 6.75. The number of nitrogens with one attached hydrogen (secondary N) is 2. The Morgan fingerprint density at radius 1 is 1.30 bits per heavy atom. The Balaban J connectivity index is 1.78. The number of rotatable bonds is 4. The average Bonchev–Trinajstić information content (AvgIpc) is 3.02. The lowest BCUT2D eigenvalue weighted by Crippen LogP contribution is -2.40. The van der Waals surface area contributed by atoms with E-state index in [-0.39, 0.29) is 24.1 Å². The van der Waals surface area contributed by atoms with E-state index in [9.17, 15) is 14.7 Å². The summed E-state index contributed by atoms with van der Waals surface area (Å²) in [4.78, 5) is 31.3. The van der Waals surface area contributed by atoms with Crippen molar-refractivity contribution in [3.63, 3.8) is 0 Å². The number of hydrogen-bond acceptors (Lipinski definition) is 4. The van der Waals surface area contributed by atoms with Gasteiger partial charge in [0.2, 0.25) is 0 Å². The molecule has 0 bridgehead atoms. The van der Waals surface area contributed by atoms with E-state index in [1.165, 1.54) is 6.20 Å². The highest BCUT2D eigenvalue weighted by atomic mass is 16.3. The van der Waals surface area contributed by atoms with Gasteiger partial charge in [0, 0.05) is 30.3 Å². The Labute approximate surface area is 133 Å². The zero-order valence-electron chi connectivity index (χ0n) is 12.7. The molecule has 3 rings (SSSR count). The lowest BCUT2D eigenvalue weighted by atomic mass is 10.0. The molecule has 0 radical (unpaired) electrons. The number of aliphatic hydroxyl groups is 1. The van der Waals surface area contributed by atoms with E-state index in [1.54, 1.807) is 0 Å². The van der Waals surface area contributed by atoms with E-state index >= 15 is 0 Å². The van der Waals surface area contributed by atoms with E-state index in [4.69, 9.17) is 0 Å². The number of nitrogens with zero attached hydrogens (tertiary/aromatic N) is 1. The monoisotopic (exact) mass is 313 g/mol. The highest BCUT2D eigenvalue weighted by Crippen LogP contribution is 2.25. The summed E-state index contributed by atoms with van der Waals surface area (Å²) in [5.74, 6) is 0.0551. The molecule has 120 valence electrons. The first-order chi connectivity index (χ1) is 11.2. The number of amides is 1. The highest BCUT2D eigenvalue weighted by Gasteiger charge is 2.28. The third kappa shape index (κ3) is 3.32. The van der Waals surface area contributed by atoms with Gasteiger partial charge < -0.3 is 15.4 Å². The fourth-order valence-electron chi connectivity index (χ4n) is 2.99. The first kappa shape index (κ1) is 15.4. The van der Waals surface area contributed by atoms with Crippen LogP contribution in [0.25, 0.3) is 11.4 Å². The van der Waals surface area contributed by atoms with Gasteiger partial charge in [-0.25, -0.2) is 4.98 Å². The van der Waals surface area contributed by atoms with Gasteiger partial charge >= 0.3 is 0 Å². The summed E-state index contributed by atoms with van der Waals surface area (Å²) in [6.45, 7) is 0.0481. The van der Waals surface area contributed by atoms with E-state index < -0.39 is 11.5 Å². The number of carbonyl (C=O) groups is 1. The molecular weight excluding hydrogens is 294 g/mol. The van der Waals surface area contributed by atoms with Crippen LogP contribution in [0.15, 0.2) is 41.3 Å². The van der Waals surface area contributed by atoms with Gasteiger partial charge in [-0.05, 0) is 12.8 Å². The molecule has 2 atom stereocenters. The van der Waals surface area contributed by atoms with Crippen LogP contribution in [-0.2, 0) is 0 Å². The summed E-state index contributed by atoms with van der Waals surface area (Å²) in [5, 5.41) is 12.1. The fraction of sp³-hybridized carbons (Fsp3) is 0.353. The first-order valence-electron chi connectivity index (χ1n) is 7.75. The highest BCUT2D eigenvalue weighted by molar-refractivity contribution is 5.93. The zero-order valence-corrected chi connectivity index (χ0v) is 12.7. The van der Waals surface area contributed by atoms with Gasteiger partial charge in [-0.1, -0.05) is 36.8 Å². The minimum Gasteiger partial charge on any atom is -0.396 e. The molecule has 1 aromatic heterocycles. The normalized spacial score (nSPS) is 20.4. The Morgan fingerprint density at radius 2 is 2.09 bits per heavy atom. The summed E-state index contributed by atoms with van der Waals surface area (Å²) in [5.41, 5.74) is 0.316. The van der Waals surface area contributed by atoms with Crippen molar-refractivity contribution in [3.8, 4) is 11.4 Å². The number of H-pyrrole nitrogens is 1. The predicted molar refractivity (Wildman–Crippen MR) is 86.0 cm³/mol. The number of carbonyl (C=O) groups excluding carboxylic acids is 1. The van der Waals surface area contributed by atoms with Crippen LogP contribution in [0.5, 0.6) is 0 Å². The number of aromatic amines is 1. The molecule has 1 saturated carbocycles. The minimum absolute atomic E-state index is 0.00623. The topological polar surface area (TPSA) is 95.1 Å². The molecule has 1 amide bonds. The van der Waals surface area contributed by atoms with Crippen molar-refractivity contribution in [2.45, 2.75) is 25.3 Å². The number of aliphatic hydroxyl groups excluding tert-OH is 1. The van der Waals surface area contributed by atoms with E-state index in [0.717, 1.165) is 24.8 Å². The van der Waals surface area contributed by atoms with Crippen molar-refractivity contribution in [1.82, 2.24) is 15.3 Å². The standard InChI is InChI=1S/C17H19N3O3/c21-10-12-7-4-8-14(12)19-16(22)13-9-18-15(20-17(13)23)11-5-2-1-3-6-11/h1-3,5-6,9,12,14,21H,4,7-8,10H2,(H,19,22)(H,18,20,23)/t12-,14-/m1/s1. The first-order valence-corrected chi connectivity index (χ1v) is 7.75. The van der Waals surface area contributed by atoms with Crippen molar-refractivity contribution in [2.75, 3.05) is 6.61 Å². The van der Waals surface area contributed by atoms with Crippen molar-refractivity contribution >= 4 is 5.91 Å². The molecule has 0 saturated heterocycles. The van der Waals surface area contributed by atoms with Crippen LogP contribution >= 0.6 is 0 Å². The van der Waals surface area contributed by atoms with Crippen LogP contribution in [0.2, 0.25) is 0 Å². The third-order valence-corrected chi connectivity index (χ3v) is 4.30. The Hall–Kier alpha value is -2.47. The summed E-state index contributed by atoms with van der Waals surface area (Å²) < 4.78 is 0. The smallest absolute Gasteiger partial charge is 0.264 e. The molecule has 1 aliphatic carbocycles. The Morgan fingerprint density at radius 3 is 2.78 bits per heavy atom. The SMILES string of the molecule is O=C(N[C@@H]1CCC[C@@H]1CO)c1cnc(-c2ccccc2)[nH]c1=O. The maximum atomic E-state index is 12.3. The maximum absolute atomic E-state index is 12.3. The van der Waals surface area contributed by atoms with Gasteiger partial charge in [0.05, 0.1) is 0 Å².